The van der Waals surface area contributed by atoms with E-state index in [1.165, 1.54) is 12.1 Å². The molecule has 2 aromatic rings. The maximum Gasteiger partial charge on any atom is 0.271 e. The molecule has 122 valence electrons. The van der Waals surface area contributed by atoms with Gasteiger partial charge in [0.05, 0.1) is 20.5 Å². The molecule has 0 bridgehead atoms. The first-order valence-electron chi connectivity index (χ1n) is 6.49. The molecule has 2 rings (SSSR count). The number of anilines is 1. The normalized spacial score (nSPS) is 11.3. The quantitative estimate of drug-likeness (QED) is 0.604. The van der Waals surface area contributed by atoms with Crippen molar-refractivity contribution in [1.82, 2.24) is 0 Å². The minimum Gasteiger partial charge on any atom is -0.265 e. The number of nitro benzene ring substituents is 1. The van der Waals surface area contributed by atoms with Crippen molar-refractivity contribution in [2.45, 2.75) is 11.8 Å². The molecule has 0 heterocycles. The van der Waals surface area contributed by atoms with Crippen molar-refractivity contribution in [3.8, 4) is 0 Å². The van der Waals surface area contributed by atoms with Crippen LogP contribution < -0.4 is 4.31 Å². The zero-order chi connectivity index (χ0) is 17.2. The predicted molar refractivity (Wildman–Crippen MR) is 84.7 cm³/mol. The van der Waals surface area contributed by atoms with Crippen LogP contribution in [0.25, 0.3) is 0 Å². The number of hydrogen-bond acceptors (Lipinski definition) is 4. The van der Waals surface area contributed by atoms with Crippen molar-refractivity contribution in [3.05, 3.63) is 63.4 Å². The molecular weight excluding hydrogens is 347 g/mol. The van der Waals surface area contributed by atoms with Gasteiger partial charge in [-0.1, -0.05) is 11.6 Å². The average Bonchev–Trinajstić information content (AvgIpc) is 2.49. The topological polar surface area (TPSA) is 80.5 Å². The Labute approximate surface area is 137 Å². The van der Waals surface area contributed by atoms with E-state index in [4.69, 9.17) is 11.6 Å². The highest BCUT2D eigenvalue weighted by molar-refractivity contribution is 7.92. The largest absolute Gasteiger partial charge is 0.271 e. The molecule has 0 unspecified atom stereocenters. The van der Waals surface area contributed by atoms with E-state index in [0.29, 0.717) is 0 Å². The summed E-state index contributed by atoms with van der Waals surface area (Å²) >= 11 is 6.00. The SMILES string of the molecule is CCN(c1cc([N+](=O)[O-])ccc1Cl)S(=O)(=O)c1ccc(F)cc1. The molecule has 0 aliphatic carbocycles. The first-order chi connectivity index (χ1) is 10.8. The molecule has 0 saturated carbocycles. The van der Waals surface area contributed by atoms with Crippen LogP contribution in [-0.2, 0) is 10.0 Å². The zero-order valence-corrected chi connectivity index (χ0v) is 13.5. The number of rotatable bonds is 5. The fourth-order valence-electron chi connectivity index (χ4n) is 2.01. The number of hydrogen-bond donors (Lipinski definition) is 0. The van der Waals surface area contributed by atoms with Crippen LogP contribution in [-0.4, -0.2) is 19.9 Å². The van der Waals surface area contributed by atoms with Crippen LogP contribution in [0.5, 0.6) is 0 Å². The van der Waals surface area contributed by atoms with E-state index in [2.05, 4.69) is 0 Å². The number of nitrogens with zero attached hydrogens (tertiary/aromatic N) is 2. The summed E-state index contributed by atoms with van der Waals surface area (Å²) in [6.07, 6.45) is 0. The number of non-ortho nitro benzene ring substituents is 1. The van der Waals surface area contributed by atoms with Crippen LogP contribution in [0.3, 0.4) is 0 Å². The summed E-state index contributed by atoms with van der Waals surface area (Å²) in [4.78, 5) is 10.1. The third-order valence-corrected chi connectivity index (χ3v) is 5.32. The van der Waals surface area contributed by atoms with E-state index >= 15 is 0 Å². The Hall–Kier alpha value is -2.19. The Kier molecular flexibility index (Phi) is 4.86. The summed E-state index contributed by atoms with van der Waals surface area (Å²) < 4.78 is 39.3. The fraction of sp³-hybridized carbons (Fsp3) is 0.143. The molecule has 0 saturated heterocycles. The average molecular weight is 359 g/mol. The van der Waals surface area contributed by atoms with E-state index in [0.717, 1.165) is 34.6 Å². The summed E-state index contributed by atoms with van der Waals surface area (Å²) in [6, 6.07) is 7.83. The summed E-state index contributed by atoms with van der Waals surface area (Å²) in [7, 11) is -4.03. The molecule has 0 aliphatic rings. The minimum atomic E-state index is -4.03. The predicted octanol–water partition coefficient (Wildman–Crippen LogP) is 3.60. The van der Waals surface area contributed by atoms with E-state index in [1.54, 1.807) is 6.92 Å². The molecule has 9 heteroatoms. The second-order valence-corrected chi connectivity index (χ2v) is 6.79. The molecule has 0 radical (unpaired) electrons. The number of benzene rings is 2. The Balaban J connectivity index is 2.57. The van der Waals surface area contributed by atoms with Gasteiger partial charge in [-0.3, -0.25) is 14.4 Å². The van der Waals surface area contributed by atoms with Crippen LogP contribution >= 0.6 is 11.6 Å². The van der Waals surface area contributed by atoms with Crippen LogP contribution in [0.4, 0.5) is 15.8 Å². The van der Waals surface area contributed by atoms with Gasteiger partial charge in [0.1, 0.15) is 5.82 Å². The van der Waals surface area contributed by atoms with Crippen molar-refractivity contribution in [1.29, 1.82) is 0 Å². The summed E-state index contributed by atoms with van der Waals surface area (Å²) in [6.45, 7) is 1.57. The molecule has 0 spiro atoms. The van der Waals surface area contributed by atoms with E-state index < -0.39 is 20.8 Å². The van der Waals surface area contributed by atoms with E-state index in [1.807, 2.05) is 0 Å². The molecule has 0 aromatic heterocycles. The third-order valence-electron chi connectivity index (χ3n) is 3.10. The van der Waals surface area contributed by atoms with Gasteiger partial charge >= 0.3 is 0 Å². The van der Waals surface area contributed by atoms with Crippen molar-refractivity contribution >= 4 is 33.0 Å². The molecule has 0 N–H and O–H groups in total. The second-order valence-electron chi connectivity index (χ2n) is 4.52. The van der Waals surface area contributed by atoms with Gasteiger partial charge in [0, 0.05) is 18.7 Å². The zero-order valence-electron chi connectivity index (χ0n) is 11.9. The highest BCUT2D eigenvalue weighted by Gasteiger charge is 2.26. The maximum absolute atomic E-state index is 13.0. The van der Waals surface area contributed by atoms with Crippen LogP contribution in [0.1, 0.15) is 6.92 Å². The molecule has 0 aliphatic heterocycles. The van der Waals surface area contributed by atoms with Gasteiger partial charge in [-0.05, 0) is 37.3 Å². The fourth-order valence-corrected chi connectivity index (χ4v) is 3.76. The number of halogens is 2. The smallest absolute Gasteiger partial charge is 0.265 e. The van der Waals surface area contributed by atoms with Crippen molar-refractivity contribution in [2.75, 3.05) is 10.8 Å². The number of sulfonamides is 1. The molecule has 0 amide bonds. The second kappa shape index (κ2) is 6.51. The Morgan fingerprint density at radius 2 is 1.83 bits per heavy atom. The molecule has 0 fully saturated rings. The lowest BCUT2D eigenvalue weighted by Gasteiger charge is -2.23. The highest BCUT2D eigenvalue weighted by Crippen LogP contribution is 2.33. The van der Waals surface area contributed by atoms with Gasteiger partial charge < -0.3 is 0 Å². The monoisotopic (exact) mass is 358 g/mol. The number of nitro groups is 1. The molecule has 0 atom stereocenters. The van der Waals surface area contributed by atoms with E-state index in [9.17, 15) is 22.9 Å². The first kappa shape index (κ1) is 17.2. The summed E-state index contributed by atoms with van der Waals surface area (Å²) in [5, 5.41) is 10.9. The van der Waals surface area contributed by atoms with Gasteiger partial charge in [0.25, 0.3) is 15.7 Å². The van der Waals surface area contributed by atoms with E-state index in [-0.39, 0.29) is 27.8 Å². The van der Waals surface area contributed by atoms with Gasteiger partial charge in [-0.2, -0.15) is 0 Å². The van der Waals surface area contributed by atoms with Crippen LogP contribution in [0.2, 0.25) is 5.02 Å². The maximum atomic E-state index is 13.0. The first-order valence-corrected chi connectivity index (χ1v) is 8.31. The van der Waals surface area contributed by atoms with Crippen LogP contribution in [0, 0.1) is 15.9 Å². The van der Waals surface area contributed by atoms with Crippen molar-refractivity contribution < 1.29 is 17.7 Å². The Bertz CT molecular complexity index is 840. The lowest BCUT2D eigenvalue weighted by molar-refractivity contribution is -0.384. The van der Waals surface area contributed by atoms with Gasteiger partial charge in [-0.15, -0.1) is 0 Å². The molecule has 23 heavy (non-hydrogen) atoms. The van der Waals surface area contributed by atoms with Crippen LogP contribution in [0.15, 0.2) is 47.4 Å². The summed E-state index contributed by atoms with van der Waals surface area (Å²) in [5.74, 6) is -0.569. The lowest BCUT2D eigenvalue weighted by atomic mass is 10.3. The Morgan fingerprint density at radius 1 is 1.22 bits per heavy atom. The highest BCUT2D eigenvalue weighted by atomic mass is 35.5. The summed E-state index contributed by atoms with van der Waals surface area (Å²) in [5.41, 5.74) is -0.287. The Morgan fingerprint density at radius 3 is 2.35 bits per heavy atom. The standard InChI is InChI=1S/C14H12ClFN2O4S/c1-2-17(14-9-11(18(19)20)5-8-13(14)15)23(21,22)12-6-3-10(16)4-7-12/h3-9H,2H2,1H3. The minimum absolute atomic E-state index is 0.000593. The van der Waals surface area contributed by atoms with Gasteiger partial charge in [-0.25, -0.2) is 12.8 Å². The molecular formula is C14H12ClFN2O4S. The third kappa shape index (κ3) is 3.43. The van der Waals surface area contributed by atoms with Crippen molar-refractivity contribution in [3.63, 3.8) is 0 Å². The molecule has 2 aromatic carbocycles. The molecule has 6 nitrogen and oxygen atoms in total. The van der Waals surface area contributed by atoms with Gasteiger partial charge in [0.15, 0.2) is 0 Å². The van der Waals surface area contributed by atoms with Gasteiger partial charge in [0.2, 0.25) is 0 Å². The lowest BCUT2D eigenvalue weighted by Crippen LogP contribution is -2.31. The van der Waals surface area contributed by atoms with Crippen molar-refractivity contribution in [2.24, 2.45) is 0 Å².